The van der Waals surface area contributed by atoms with Crippen LogP contribution in [0.5, 0.6) is 11.5 Å². The second-order valence-electron chi connectivity index (χ2n) is 6.14. The fourth-order valence-corrected chi connectivity index (χ4v) is 2.70. The third-order valence-corrected chi connectivity index (χ3v) is 4.22. The molecule has 6 heteroatoms. The van der Waals surface area contributed by atoms with Gasteiger partial charge in [0.1, 0.15) is 17.3 Å². The van der Waals surface area contributed by atoms with Crippen LogP contribution in [0.25, 0.3) is 0 Å². The molecule has 0 saturated carbocycles. The molecule has 3 rings (SSSR count). The lowest BCUT2D eigenvalue weighted by atomic mass is 10.1. The number of hydrogen-bond acceptors (Lipinski definition) is 5. The molecule has 1 heterocycles. The van der Waals surface area contributed by atoms with Crippen LogP contribution in [0.15, 0.2) is 66.9 Å². The number of nitrogens with one attached hydrogen (secondary N) is 2. The molecule has 0 atom stereocenters. The summed E-state index contributed by atoms with van der Waals surface area (Å²) < 4.78 is 10.4. The molecule has 3 aromatic rings. The van der Waals surface area contributed by atoms with Crippen molar-refractivity contribution in [1.82, 2.24) is 10.3 Å². The van der Waals surface area contributed by atoms with Crippen LogP contribution < -0.4 is 20.1 Å². The van der Waals surface area contributed by atoms with Gasteiger partial charge in [0.15, 0.2) is 0 Å². The van der Waals surface area contributed by atoms with Gasteiger partial charge in [0.2, 0.25) is 0 Å². The maximum Gasteiger partial charge on any atom is 0.251 e. The Balaban J connectivity index is 1.57. The number of carbonyl (C=O) groups is 1. The number of hydrogen-bond donors (Lipinski definition) is 2. The Hall–Kier alpha value is -3.54. The number of nitrogens with zero attached hydrogens (tertiary/aromatic N) is 1. The van der Waals surface area contributed by atoms with E-state index in [1.807, 2.05) is 48.5 Å². The molecule has 0 radical (unpaired) electrons. The van der Waals surface area contributed by atoms with Crippen molar-refractivity contribution in [3.05, 3.63) is 78.0 Å². The average Bonchev–Trinajstić information content (AvgIpc) is 2.74. The summed E-state index contributed by atoms with van der Waals surface area (Å²) in [6, 6.07) is 18.8. The summed E-state index contributed by atoms with van der Waals surface area (Å²) in [5, 5.41) is 6.12. The minimum absolute atomic E-state index is 0.135. The van der Waals surface area contributed by atoms with E-state index in [4.69, 9.17) is 9.47 Å². The Bertz CT molecular complexity index is 926. The number of pyridine rings is 1. The minimum Gasteiger partial charge on any atom is -0.497 e. The van der Waals surface area contributed by atoms with Crippen LogP contribution >= 0.6 is 0 Å². The fraction of sp³-hybridized carbons (Fsp3) is 0.182. The number of methoxy groups -OCH3 is 2. The average molecular weight is 377 g/mol. The Morgan fingerprint density at radius 3 is 2.50 bits per heavy atom. The van der Waals surface area contributed by atoms with Crippen LogP contribution in [0.3, 0.4) is 0 Å². The van der Waals surface area contributed by atoms with Gasteiger partial charge < -0.3 is 20.1 Å². The highest BCUT2D eigenvalue weighted by Gasteiger charge is 2.07. The normalized spacial score (nSPS) is 10.2. The topological polar surface area (TPSA) is 72.5 Å². The molecular weight excluding hydrogens is 354 g/mol. The Morgan fingerprint density at radius 1 is 0.964 bits per heavy atom. The molecule has 2 aromatic carbocycles. The van der Waals surface area contributed by atoms with Crippen molar-refractivity contribution in [3.8, 4) is 11.5 Å². The number of benzene rings is 2. The van der Waals surface area contributed by atoms with E-state index >= 15 is 0 Å². The standard InChI is InChI=1S/C22H23N3O3/c1-27-19-8-6-16(7-9-19)10-12-24-22(26)17-11-13-23-21(14-17)25-18-4-3-5-20(15-18)28-2/h3-9,11,13-15H,10,12H2,1-2H3,(H,23,25)(H,24,26). The molecule has 28 heavy (non-hydrogen) atoms. The quantitative estimate of drug-likeness (QED) is 0.624. The molecule has 144 valence electrons. The van der Waals surface area contributed by atoms with Gasteiger partial charge in [0, 0.05) is 30.1 Å². The lowest BCUT2D eigenvalue weighted by molar-refractivity contribution is 0.0954. The first kappa shape index (κ1) is 19.2. The summed E-state index contributed by atoms with van der Waals surface area (Å²) in [5.41, 5.74) is 2.52. The van der Waals surface area contributed by atoms with Crippen molar-refractivity contribution in [3.63, 3.8) is 0 Å². The number of rotatable bonds is 8. The highest BCUT2D eigenvalue weighted by atomic mass is 16.5. The molecule has 0 aliphatic heterocycles. The van der Waals surface area contributed by atoms with E-state index in [0.717, 1.165) is 29.2 Å². The van der Waals surface area contributed by atoms with Gasteiger partial charge in [-0.05, 0) is 48.4 Å². The molecule has 0 aliphatic rings. The molecule has 2 N–H and O–H groups in total. The number of ether oxygens (including phenoxy) is 2. The first-order valence-corrected chi connectivity index (χ1v) is 8.96. The van der Waals surface area contributed by atoms with Crippen molar-refractivity contribution in [2.45, 2.75) is 6.42 Å². The van der Waals surface area contributed by atoms with E-state index < -0.39 is 0 Å². The molecule has 1 amide bonds. The minimum atomic E-state index is -0.135. The smallest absolute Gasteiger partial charge is 0.251 e. The van der Waals surface area contributed by atoms with Crippen LogP contribution in [0, 0.1) is 0 Å². The van der Waals surface area contributed by atoms with E-state index in [2.05, 4.69) is 15.6 Å². The summed E-state index contributed by atoms with van der Waals surface area (Å²) in [5.74, 6) is 2.03. The SMILES string of the molecule is COc1ccc(CCNC(=O)c2ccnc(Nc3cccc(OC)c3)c2)cc1. The molecule has 0 unspecified atom stereocenters. The van der Waals surface area contributed by atoms with Crippen molar-refractivity contribution in [2.24, 2.45) is 0 Å². The van der Waals surface area contributed by atoms with E-state index in [9.17, 15) is 4.79 Å². The predicted octanol–water partition coefficient (Wildman–Crippen LogP) is 3.81. The highest BCUT2D eigenvalue weighted by molar-refractivity contribution is 5.94. The number of carbonyl (C=O) groups excluding carboxylic acids is 1. The van der Waals surface area contributed by atoms with Gasteiger partial charge in [-0.25, -0.2) is 4.98 Å². The third kappa shape index (κ3) is 5.23. The van der Waals surface area contributed by atoms with Gasteiger partial charge in [-0.1, -0.05) is 18.2 Å². The maximum absolute atomic E-state index is 12.4. The second kappa shape index (κ2) is 9.41. The molecule has 0 spiro atoms. The Labute approximate surface area is 164 Å². The summed E-state index contributed by atoms with van der Waals surface area (Å²) in [7, 11) is 3.26. The molecule has 0 saturated heterocycles. The largest absolute Gasteiger partial charge is 0.497 e. The summed E-state index contributed by atoms with van der Waals surface area (Å²) in [6.07, 6.45) is 2.36. The van der Waals surface area contributed by atoms with Crippen molar-refractivity contribution in [1.29, 1.82) is 0 Å². The first-order chi connectivity index (χ1) is 13.7. The number of aromatic nitrogens is 1. The monoisotopic (exact) mass is 377 g/mol. The molecule has 1 aromatic heterocycles. The zero-order chi connectivity index (χ0) is 19.8. The number of amides is 1. The van der Waals surface area contributed by atoms with Crippen LogP contribution in [-0.4, -0.2) is 31.7 Å². The van der Waals surface area contributed by atoms with Crippen LogP contribution in [0.1, 0.15) is 15.9 Å². The van der Waals surface area contributed by atoms with Crippen LogP contribution in [0.4, 0.5) is 11.5 Å². The van der Waals surface area contributed by atoms with Gasteiger partial charge in [-0.3, -0.25) is 4.79 Å². The van der Waals surface area contributed by atoms with Crippen molar-refractivity contribution in [2.75, 3.05) is 26.1 Å². The Kier molecular flexibility index (Phi) is 6.46. The van der Waals surface area contributed by atoms with Crippen LogP contribution in [-0.2, 0) is 6.42 Å². The predicted molar refractivity (Wildman–Crippen MR) is 110 cm³/mol. The summed E-state index contributed by atoms with van der Waals surface area (Å²) >= 11 is 0. The van der Waals surface area contributed by atoms with Gasteiger partial charge in [0.25, 0.3) is 5.91 Å². The van der Waals surface area contributed by atoms with E-state index in [0.29, 0.717) is 17.9 Å². The van der Waals surface area contributed by atoms with Gasteiger partial charge in [-0.15, -0.1) is 0 Å². The van der Waals surface area contributed by atoms with Crippen molar-refractivity contribution < 1.29 is 14.3 Å². The second-order valence-corrected chi connectivity index (χ2v) is 6.14. The zero-order valence-corrected chi connectivity index (χ0v) is 15.9. The fourth-order valence-electron chi connectivity index (χ4n) is 2.70. The maximum atomic E-state index is 12.4. The van der Waals surface area contributed by atoms with Crippen molar-refractivity contribution >= 4 is 17.4 Å². The highest BCUT2D eigenvalue weighted by Crippen LogP contribution is 2.20. The molecule has 0 fully saturated rings. The Morgan fingerprint density at radius 2 is 1.75 bits per heavy atom. The number of anilines is 2. The van der Waals surface area contributed by atoms with Gasteiger partial charge >= 0.3 is 0 Å². The first-order valence-electron chi connectivity index (χ1n) is 8.96. The lowest BCUT2D eigenvalue weighted by Crippen LogP contribution is -2.25. The summed E-state index contributed by atoms with van der Waals surface area (Å²) in [4.78, 5) is 16.7. The van der Waals surface area contributed by atoms with E-state index in [1.165, 1.54) is 0 Å². The van der Waals surface area contributed by atoms with E-state index in [-0.39, 0.29) is 5.91 Å². The lowest BCUT2D eigenvalue weighted by Gasteiger charge is -2.09. The van der Waals surface area contributed by atoms with Gasteiger partial charge in [0.05, 0.1) is 14.2 Å². The summed E-state index contributed by atoms with van der Waals surface area (Å²) in [6.45, 7) is 0.548. The third-order valence-electron chi connectivity index (χ3n) is 4.22. The molecular formula is C22H23N3O3. The van der Waals surface area contributed by atoms with Crippen LogP contribution in [0.2, 0.25) is 0 Å². The molecule has 0 bridgehead atoms. The van der Waals surface area contributed by atoms with Gasteiger partial charge in [-0.2, -0.15) is 0 Å². The molecule has 0 aliphatic carbocycles. The van der Waals surface area contributed by atoms with E-state index in [1.54, 1.807) is 32.5 Å². The zero-order valence-electron chi connectivity index (χ0n) is 15.9. The molecule has 6 nitrogen and oxygen atoms in total.